The second kappa shape index (κ2) is 6.26. The summed E-state index contributed by atoms with van der Waals surface area (Å²) in [6.45, 7) is 0. The van der Waals surface area contributed by atoms with Gasteiger partial charge in [0.05, 0.1) is 23.8 Å². The van der Waals surface area contributed by atoms with Crippen LogP contribution in [0.4, 0.5) is 0 Å². The molecule has 0 bridgehead atoms. The molecular weight excluding hydrogens is 272 g/mol. The average molecular weight is 290 g/mol. The summed E-state index contributed by atoms with van der Waals surface area (Å²) in [4.78, 5) is 8.83. The van der Waals surface area contributed by atoms with Crippen molar-refractivity contribution >= 4 is 24.3 Å². The standard InChI is InChI=1S/C18H18N4/c1-21-11-3-5-17(21)9-7-15-13-20-16(14-19-15)8-10-18-6-4-12-22(18)2/h3-14H,1-2H3. The van der Waals surface area contributed by atoms with E-state index in [1.165, 1.54) is 0 Å². The van der Waals surface area contributed by atoms with Crippen LogP contribution in [0, 0.1) is 0 Å². The maximum atomic E-state index is 4.41. The number of hydrogen-bond donors (Lipinski definition) is 0. The van der Waals surface area contributed by atoms with Crippen molar-refractivity contribution in [3.8, 4) is 0 Å². The molecule has 0 saturated carbocycles. The van der Waals surface area contributed by atoms with Crippen LogP contribution in [0.3, 0.4) is 0 Å². The van der Waals surface area contributed by atoms with Crippen LogP contribution in [0.25, 0.3) is 24.3 Å². The Morgan fingerprint density at radius 3 is 1.50 bits per heavy atom. The fraction of sp³-hybridized carbons (Fsp3) is 0.111. The van der Waals surface area contributed by atoms with Crippen LogP contribution < -0.4 is 0 Å². The van der Waals surface area contributed by atoms with Crippen LogP contribution in [0.15, 0.2) is 49.1 Å². The van der Waals surface area contributed by atoms with Crippen molar-refractivity contribution in [3.05, 3.63) is 71.8 Å². The Morgan fingerprint density at radius 2 is 1.18 bits per heavy atom. The van der Waals surface area contributed by atoms with Crippen molar-refractivity contribution in [2.75, 3.05) is 0 Å². The lowest BCUT2D eigenvalue weighted by Crippen LogP contribution is -1.89. The zero-order valence-electron chi connectivity index (χ0n) is 12.7. The van der Waals surface area contributed by atoms with E-state index < -0.39 is 0 Å². The number of nitrogens with zero attached hydrogens (tertiary/aromatic N) is 4. The summed E-state index contributed by atoms with van der Waals surface area (Å²) in [7, 11) is 4.03. The molecule has 22 heavy (non-hydrogen) atoms. The fourth-order valence-corrected chi connectivity index (χ4v) is 2.16. The Labute approximate surface area is 130 Å². The Balaban J connectivity index is 1.70. The van der Waals surface area contributed by atoms with Crippen molar-refractivity contribution in [1.29, 1.82) is 0 Å². The minimum atomic E-state index is 0.845. The van der Waals surface area contributed by atoms with E-state index >= 15 is 0 Å². The quantitative estimate of drug-likeness (QED) is 0.737. The summed E-state index contributed by atoms with van der Waals surface area (Å²) in [5, 5.41) is 0. The first-order valence-electron chi connectivity index (χ1n) is 7.13. The number of hydrogen-bond acceptors (Lipinski definition) is 2. The van der Waals surface area contributed by atoms with Crippen molar-refractivity contribution in [2.24, 2.45) is 14.1 Å². The van der Waals surface area contributed by atoms with Crippen LogP contribution in [0.5, 0.6) is 0 Å². The topological polar surface area (TPSA) is 35.6 Å². The van der Waals surface area contributed by atoms with Gasteiger partial charge in [-0.3, -0.25) is 9.97 Å². The Kier molecular flexibility index (Phi) is 4.01. The highest BCUT2D eigenvalue weighted by Crippen LogP contribution is 2.08. The molecule has 0 spiro atoms. The van der Waals surface area contributed by atoms with Gasteiger partial charge in [0, 0.05) is 37.9 Å². The second-order valence-electron chi connectivity index (χ2n) is 5.12. The minimum Gasteiger partial charge on any atom is -0.351 e. The van der Waals surface area contributed by atoms with E-state index in [4.69, 9.17) is 0 Å². The molecule has 0 aromatic carbocycles. The zero-order valence-corrected chi connectivity index (χ0v) is 12.7. The largest absolute Gasteiger partial charge is 0.351 e. The molecule has 0 N–H and O–H groups in total. The minimum absolute atomic E-state index is 0.845. The van der Waals surface area contributed by atoms with Gasteiger partial charge in [-0.25, -0.2) is 0 Å². The summed E-state index contributed by atoms with van der Waals surface area (Å²) in [6.07, 6.45) is 15.6. The van der Waals surface area contributed by atoms with Crippen LogP contribution in [-0.4, -0.2) is 19.1 Å². The van der Waals surface area contributed by atoms with E-state index in [9.17, 15) is 0 Å². The van der Waals surface area contributed by atoms with Gasteiger partial charge in [0.2, 0.25) is 0 Å². The molecule has 0 radical (unpaired) electrons. The smallest absolute Gasteiger partial charge is 0.0814 e. The number of aryl methyl sites for hydroxylation is 2. The van der Waals surface area contributed by atoms with E-state index in [0.717, 1.165) is 22.8 Å². The molecule has 0 amide bonds. The van der Waals surface area contributed by atoms with Crippen molar-refractivity contribution in [1.82, 2.24) is 19.1 Å². The molecule has 110 valence electrons. The normalized spacial score (nSPS) is 11.7. The van der Waals surface area contributed by atoms with Crippen LogP contribution in [0.2, 0.25) is 0 Å². The fourth-order valence-electron chi connectivity index (χ4n) is 2.16. The molecular formula is C18H18N4. The Morgan fingerprint density at radius 1 is 0.727 bits per heavy atom. The van der Waals surface area contributed by atoms with Gasteiger partial charge in [0.25, 0.3) is 0 Å². The first-order valence-corrected chi connectivity index (χ1v) is 7.13. The molecule has 0 fully saturated rings. The molecule has 0 aliphatic heterocycles. The predicted octanol–water partition coefficient (Wildman–Crippen LogP) is 3.49. The first kappa shape index (κ1) is 14.1. The van der Waals surface area contributed by atoms with Gasteiger partial charge in [-0.05, 0) is 48.6 Å². The van der Waals surface area contributed by atoms with E-state index in [0.29, 0.717) is 0 Å². The zero-order chi connectivity index (χ0) is 15.4. The summed E-state index contributed by atoms with van der Waals surface area (Å²) in [6, 6.07) is 8.15. The molecule has 0 atom stereocenters. The summed E-state index contributed by atoms with van der Waals surface area (Å²) >= 11 is 0. The number of rotatable bonds is 4. The third-order valence-corrected chi connectivity index (χ3v) is 3.51. The van der Waals surface area contributed by atoms with Crippen LogP contribution in [0.1, 0.15) is 22.8 Å². The first-order chi connectivity index (χ1) is 10.7. The molecule has 3 aromatic heterocycles. The lowest BCUT2D eigenvalue weighted by molar-refractivity contribution is 0.915. The van der Waals surface area contributed by atoms with Crippen molar-refractivity contribution in [2.45, 2.75) is 0 Å². The predicted molar refractivity (Wildman–Crippen MR) is 90.7 cm³/mol. The van der Waals surface area contributed by atoms with Gasteiger partial charge in [0.1, 0.15) is 0 Å². The van der Waals surface area contributed by atoms with Gasteiger partial charge < -0.3 is 9.13 Å². The van der Waals surface area contributed by atoms with Crippen molar-refractivity contribution < 1.29 is 0 Å². The molecule has 4 heteroatoms. The highest BCUT2D eigenvalue weighted by atomic mass is 14.9. The second-order valence-corrected chi connectivity index (χ2v) is 5.12. The Bertz CT molecular complexity index is 734. The summed E-state index contributed by atoms with van der Waals surface area (Å²) in [5.74, 6) is 0. The van der Waals surface area contributed by atoms with E-state index in [2.05, 4.69) is 31.2 Å². The molecule has 3 heterocycles. The highest BCUT2D eigenvalue weighted by Gasteiger charge is 1.95. The maximum absolute atomic E-state index is 4.41. The molecule has 4 nitrogen and oxygen atoms in total. The maximum Gasteiger partial charge on any atom is 0.0814 e. The van der Waals surface area contributed by atoms with E-state index in [1.807, 2.05) is 62.9 Å². The van der Waals surface area contributed by atoms with Crippen molar-refractivity contribution in [3.63, 3.8) is 0 Å². The summed E-state index contributed by atoms with van der Waals surface area (Å²) in [5.41, 5.74) is 3.96. The number of aromatic nitrogens is 4. The van der Waals surface area contributed by atoms with Gasteiger partial charge in [-0.2, -0.15) is 0 Å². The van der Waals surface area contributed by atoms with Gasteiger partial charge >= 0.3 is 0 Å². The SMILES string of the molecule is Cn1cccc1C=Cc1cnc(C=Cc2cccn2C)cn1. The van der Waals surface area contributed by atoms with Crippen LogP contribution in [-0.2, 0) is 14.1 Å². The molecule has 3 aromatic rings. The molecule has 0 aliphatic rings. The Hall–Kier alpha value is -2.88. The molecule has 0 unspecified atom stereocenters. The van der Waals surface area contributed by atoms with Gasteiger partial charge in [0.15, 0.2) is 0 Å². The third-order valence-electron chi connectivity index (χ3n) is 3.51. The van der Waals surface area contributed by atoms with E-state index in [-0.39, 0.29) is 0 Å². The lowest BCUT2D eigenvalue weighted by atomic mass is 10.3. The van der Waals surface area contributed by atoms with Crippen LogP contribution >= 0.6 is 0 Å². The van der Waals surface area contributed by atoms with Gasteiger partial charge in [-0.1, -0.05) is 0 Å². The third kappa shape index (κ3) is 3.23. The lowest BCUT2D eigenvalue weighted by Gasteiger charge is -1.98. The summed E-state index contributed by atoms with van der Waals surface area (Å²) < 4.78 is 4.11. The average Bonchev–Trinajstić information content (AvgIpc) is 3.12. The van der Waals surface area contributed by atoms with E-state index in [1.54, 1.807) is 12.4 Å². The molecule has 0 saturated heterocycles. The highest BCUT2D eigenvalue weighted by molar-refractivity contribution is 5.68. The molecule has 0 aliphatic carbocycles. The monoisotopic (exact) mass is 290 g/mol. The van der Waals surface area contributed by atoms with Gasteiger partial charge in [-0.15, -0.1) is 0 Å². The molecule has 3 rings (SSSR count).